The molecular weight excluding hydrogens is 345 g/mol. The molecule has 1 amide bonds. The molecule has 0 saturated heterocycles. The summed E-state index contributed by atoms with van der Waals surface area (Å²) in [5.41, 5.74) is 1.67. The summed E-state index contributed by atoms with van der Waals surface area (Å²) in [7, 11) is 0. The fourth-order valence-electron chi connectivity index (χ4n) is 3.38. The van der Waals surface area contributed by atoms with E-state index in [1.807, 2.05) is 45.9 Å². The van der Waals surface area contributed by atoms with E-state index in [4.69, 9.17) is 9.47 Å². The number of ether oxygens (including phenoxy) is 2. The van der Waals surface area contributed by atoms with Crippen LogP contribution in [0.2, 0.25) is 0 Å². The highest BCUT2D eigenvalue weighted by atomic mass is 19.1. The van der Waals surface area contributed by atoms with Crippen LogP contribution in [-0.2, 0) is 4.79 Å². The van der Waals surface area contributed by atoms with Crippen LogP contribution in [0.4, 0.5) is 4.39 Å². The number of hydrogen-bond donors (Lipinski definition) is 1. The van der Waals surface area contributed by atoms with Crippen LogP contribution in [-0.4, -0.2) is 17.6 Å². The molecule has 2 atom stereocenters. The van der Waals surface area contributed by atoms with Crippen LogP contribution in [0.5, 0.6) is 11.5 Å². The van der Waals surface area contributed by atoms with Crippen LogP contribution >= 0.6 is 0 Å². The number of aryl methyl sites for hydroxylation is 1. The highest BCUT2D eigenvalue weighted by Crippen LogP contribution is 2.40. The molecule has 4 nitrogen and oxygen atoms in total. The number of rotatable bonds is 5. The van der Waals surface area contributed by atoms with Crippen LogP contribution in [0.25, 0.3) is 0 Å². The Hall–Kier alpha value is -2.56. The number of fused-ring (bicyclic) bond motifs is 1. The van der Waals surface area contributed by atoms with Gasteiger partial charge in [-0.3, -0.25) is 4.79 Å². The Kier molecular flexibility index (Phi) is 5.40. The predicted octanol–water partition coefficient (Wildman–Crippen LogP) is 4.71. The number of amides is 1. The fourth-order valence-corrected chi connectivity index (χ4v) is 3.38. The van der Waals surface area contributed by atoms with Gasteiger partial charge in [-0.1, -0.05) is 36.8 Å². The molecule has 0 saturated carbocycles. The largest absolute Gasteiger partial charge is 0.487 e. The third kappa shape index (κ3) is 4.41. The van der Waals surface area contributed by atoms with Gasteiger partial charge < -0.3 is 14.8 Å². The van der Waals surface area contributed by atoms with Gasteiger partial charge in [0.05, 0.1) is 6.04 Å². The summed E-state index contributed by atoms with van der Waals surface area (Å²) >= 11 is 0. The van der Waals surface area contributed by atoms with E-state index < -0.39 is 17.5 Å². The number of nitrogens with one attached hydrogen (secondary N) is 1. The lowest BCUT2D eigenvalue weighted by molar-refractivity contribution is -0.129. The van der Waals surface area contributed by atoms with Gasteiger partial charge in [0.1, 0.15) is 11.4 Å². The summed E-state index contributed by atoms with van der Waals surface area (Å²) < 4.78 is 25.6. The van der Waals surface area contributed by atoms with Gasteiger partial charge in [-0.2, -0.15) is 0 Å². The van der Waals surface area contributed by atoms with Crippen LogP contribution in [0, 0.1) is 12.7 Å². The number of halogens is 1. The van der Waals surface area contributed by atoms with Crippen molar-refractivity contribution in [1.29, 1.82) is 0 Å². The molecule has 2 aromatic carbocycles. The average molecular weight is 371 g/mol. The first kappa shape index (κ1) is 19.2. The summed E-state index contributed by atoms with van der Waals surface area (Å²) in [6.07, 6.45) is 0.319. The van der Waals surface area contributed by atoms with E-state index in [0.717, 1.165) is 16.9 Å². The number of para-hydroxylation sites is 1. The van der Waals surface area contributed by atoms with Crippen molar-refractivity contribution in [1.82, 2.24) is 5.32 Å². The van der Waals surface area contributed by atoms with Crippen LogP contribution < -0.4 is 14.8 Å². The Bertz CT molecular complexity index is 834. The second kappa shape index (κ2) is 7.59. The minimum atomic E-state index is -0.763. The first-order valence-corrected chi connectivity index (χ1v) is 9.30. The molecule has 1 aliphatic rings. The predicted molar refractivity (Wildman–Crippen MR) is 102 cm³/mol. The monoisotopic (exact) mass is 371 g/mol. The molecule has 2 aromatic rings. The van der Waals surface area contributed by atoms with Crippen molar-refractivity contribution < 1.29 is 18.7 Å². The lowest BCUT2D eigenvalue weighted by atomic mass is 9.88. The zero-order valence-corrected chi connectivity index (χ0v) is 16.2. The minimum Gasteiger partial charge on any atom is -0.487 e. The first-order valence-electron chi connectivity index (χ1n) is 9.30. The zero-order chi connectivity index (χ0) is 19.6. The Morgan fingerprint density at radius 3 is 2.78 bits per heavy atom. The second-order valence-electron chi connectivity index (χ2n) is 7.61. The van der Waals surface area contributed by atoms with E-state index in [2.05, 4.69) is 5.32 Å². The third-order valence-corrected chi connectivity index (χ3v) is 4.71. The minimum absolute atomic E-state index is 0.0862. The van der Waals surface area contributed by atoms with E-state index in [1.54, 1.807) is 12.1 Å². The van der Waals surface area contributed by atoms with Gasteiger partial charge in [-0.05, 0) is 45.4 Å². The molecular formula is C22H26FNO3. The molecule has 27 heavy (non-hydrogen) atoms. The van der Waals surface area contributed by atoms with E-state index >= 15 is 0 Å². The molecule has 0 radical (unpaired) electrons. The Labute approximate surface area is 159 Å². The van der Waals surface area contributed by atoms with Gasteiger partial charge in [0.15, 0.2) is 17.7 Å². The quantitative estimate of drug-likeness (QED) is 0.828. The van der Waals surface area contributed by atoms with Crippen molar-refractivity contribution in [3.8, 4) is 11.5 Å². The van der Waals surface area contributed by atoms with E-state index in [-0.39, 0.29) is 17.7 Å². The van der Waals surface area contributed by atoms with Gasteiger partial charge >= 0.3 is 0 Å². The number of carbonyl (C=O) groups is 1. The van der Waals surface area contributed by atoms with E-state index in [9.17, 15) is 9.18 Å². The van der Waals surface area contributed by atoms with Crippen molar-refractivity contribution in [3.63, 3.8) is 0 Å². The van der Waals surface area contributed by atoms with Gasteiger partial charge in [0, 0.05) is 12.0 Å². The zero-order valence-electron chi connectivity index (χ0n) is 16.2. The Morgan fingerprint density at radius 2 is 2.07 bits per heavy atom. The molecule has 144 valence electrons. The molecule has 0 aromatic heterocycles. The first-order chi connectivity index (χ1) is 12.8. The summed E-state index contributed by atoms with van der Waals surface area (Å²) in [6.45, 7) is 7.86. The van der Waals surface area contributed by atoms with E-state index in [0.29, 0.717) is 12.8 Å². The Morgan fingerprint density at radius 1 is 1.33 bits per heavy atom. The number of carbonyl (C=O) groups excluding carboxylic acids is 1. The maximum atomic E-state index is 13.9. The van der Waals surface area contributed by atoms with E-state index in [1.165, 1.54) is 12.1 Å². The second-order valence-corrected chi connectivity index (χ2v) is 7.61. The SMILES string of the molecule is CC[C@@H](Oc1ccccc1F)C(=O)N[C@@H]1CC(C)(C)Oc2ccc(C)cc21. The van der Waals surface area contributed by atoms with Crippen molar-refractivity contribution in [2.24, 2.45) is 0 Å². The average Bonchev–Trinajstić information content (AvgIpc) is 2.61. The molecule has 1 N–H and O–H groups in total. The number of hydrogen-bond acceptors (Lipinski definition) is 3. The lowest BCUT2D eigenvalue weighted by Crippen LogP contribution is -2.45. The third-order valence-electron chi connectivity index (χ3n) is 4.71. The maximum absolute atomic E-state index is 13.9. The highest BCUT2D eigenvalue weighted by molar-refractivity contribution is 5.81. The van der Waals surface area contributed by atoms with Gasteiger partial charge in [0.2, 0.25) is 0 Å². The molecule has 1 aliphatic heterocycles. The number of benzene rings is 2. The maximum Gasteiger partial charge on any atom is 0.261 e. The molecule has 0 unspecified atom stereocenters. The smallest absolute Gasteiger partial charge is 0.261 e. The summed E-state index contributed by atoms with van der Waals surface area (Å²) in [5, 5.41) is 3.08. The molecule has 3 rings (SSSR count). The van der Waals surface area contributed by atoms with Crippen LogP contribution in [0.3, 0.4) is 0 Å². The molecule has 0 spiro atoms. The topological polar surface area (TPSA) is 47.6 Å². The van der Waals surface area contributed by atoms with Crippen molar-refractivity contribution >= 4 is 5.91 Å². The van der Waals surface area contributed by atoms with Crippen molar-refractivity contribution in [2.45, 2.75) is 58.3 Å². The fraction of sp³-hybridized carbons (Fsp3) is 0.409. The molecule has 0 fully saturated rings. The van der Waals surface area contributed by atoms with Gasteiger partial charge in [-0.25, -0.2) is 4.39 Å². The van der Waals surface area contributed by atoms with Gasteiger partial charge in [0.25, 0.3) is 5.91 Å². The summed E-state index contributed by atoms with van der Waals surface area (Å²) in [4.78, 5) is 12.9. The van der Waals surface area contributed by atoms with Crippen LogP contribution in [0.1, 0.15) is 50.8 Å². The highest BCUT2D eigenvalue weighted by Gasteiger charge is 2.35. The summed E-state index contributed by atoms with van der Waals surface area (Å²) in [5.74, 6) is 0.140. The standard InChI is InChI=1S/C22H26FNO3/c1-5-18(26-20-9-7-6-8-16(20)23)21(25)24-17-13-22(3,4)27-19-11-10-14(2)12-15(17)19/h6-12,17-18H,5,13H2,1-4H3,(H,24,25)/t17-,18-/m1/s1. The molecule has 5 heteroatoms. The van der Waals surface area contributed by atoms with Crippen LogP contribution in [0.15, 0.2) is 42.5 Å². The van der Waals surface area contributed by atoms with Crippen molar-refractivity contribution in [2.75, 3.05) is 0 Å². The normalized spacial score (nSPS) is 18.8. The Balaban J connectivity index is 1.80. The van der Waals surface area contributed by atoms with Gasteiger partial charge in [-0.15, -0.1) is 0 Å². The lowest BCUT2D eigenvalue weighted by Gasteiger charge is -2.38. The summed E-state index contributed by atoms with van der Waals surface area (Å²) in [6, 6.07) is 11.9. The molecule has 0 bridgehead atoms. The molecule has 1 heterocycles. The van der Waals surface area contributed by atoms with Crippen molar-refractivity contribution in [3.05, 3.63) is 59.4 Å². The molecule has 0 aliphatic carbocycles.